The third-order valence-electron chi connectivity index (χ3n) is 2.81. The van der Waals surface area contributed by atoms with Gasteiger partial charge in [-0.15, -0.1) is 0 Å². The molecule has 6 heteroatoms. The van der Waals surface area contributed by atoms with E-state index >= 15 is 0 Å². The van der Waals surface area contributed by atoms with Gasteiger partial charge in [-0.3, -0.25) is 4.79 Å². The molecule has 0 fully saturated rings. The first kappa shape index (κ1) is 16.5. The molecule has 0 saturated heterocycles. The van der Waals surface area contributed by atoms with Gasteiger partial charge in [0, 0.05) is 19.0 Å². The molecule has 20 heavy (non-hydrogen) atoms. The van der Waals surface area contributed by atoms with Crippen molar-refractivity contribution in [3.8, 4) is 0 Å². The van der Waals surface area contributed by atoms with Gasteiger partial charge in [0.2, 0.25) is 5.91 Å². The van der Waals surface area contributed by atoms with Crippen LogP contribution in [0.1, 0.15) is 37.3 Å². The van der Waals surface area contributed by atoms with E-state index < -0.39 is 11.7 Å². The van der Waals surface area contributed by atoms with Gasteiger partial charge in [-0.05, 0) is 37.5 Å². The predicted molar refractivity (Wildman–Crippen MR) is 70.8 cm³/mol. The maximum Gasteiger partial charge on any atom is 0.416 e. The number of halogens is 3. The molecule has 0 bridgehead atoms. The number of hydrogen-bond acceptors (Lipinski definition) is 2. The molecule has 1 rings (SSSR count). The lowest BCUT2D eigenvalue weighted by Gasteiger charge is -2.10. The summed E-state index contributed by atoms with van der Waals surface area (Å²) in [5, 5.41) is 2.60. The van der Waals surface area contributed by atoms with Gasteiger partial charge in [0.1, 0.15) is 0 Å². The Bertz CT molecular complexity index is 444. The Morgan fingerprint density at radius 1 is 1.40 bits per heavy atom. The molecule has 3 nitrogen and oxygen atoms in total. The van der Waals surface area contributed by atoms with Crippen LogP contribution in [0.15, 0.2) is 24.3 Å². The first-order valence-corrected chi connectivity index (χ1v) is 6.47. The zero-order valence-corrected chi connectivity index (χ0v) is 11.3. The van der Waals surface area contributed by atoms with E-state index in [1.54, 1.807) is 6.07 Å². The standard InChI is InChI=1S/C14H19F3N2O/c1-10(18)4-2-7-13(20)19-9-11-5-3-6-12(8-11)14(15,16)17/h3,5-6,8,10H,2,4,7,9,18H2,1H3,(H,19,20). The highest BCUT2D eigenvalue weighted by Gasteiger charge is 2.30. The van der Waals surface area contributed by atoms with Crippen LogP contribution < -0.4 is 11.1 Å². The number of nitrogens with two attached hydrogens (primary N) is 1. The minimum absolute atomic E-state index is 0.0475. The summed E-state index contributed by atoms with van der Waals surface area (Å²) in [5.41, 5.74) is 5.29. The van der Waals surface area contributed by atoms with Crippen LogP contribution in [0.25, 0.3) is 0 Å². The van der Waals surface area contributed by atoms with Crippen molar-refractivity contribution >= 4 is 5.91 Å². The Morgan fingerprint density at radius 2 is 2.10 bits per heavy atom. The van der Waals surface area contributed by atoms with Crippen LogP contribution in [0.5, 0.6) is 0 Å². The zero-order chi connectivity index (χ0) is 15.2. The van der Waals surface area contributed by atoms with Crippen LogP contribution in [0, 0.1) is 0 Å². The van der Waals surface area contributed by atoms with Crippen LogP contribution in [-0.2, 0) is 17.5 Å². The van der Waals surface area contributed by atoms with Gasteiger partial charge < -0.3 is 11.1 Å². The summed E-state index contributed by atoms with van der Waals surface area (Å²) in [4.78, 5) is 11.5. The van der Waals surface area contributed by atoms with Crippen molar-refractivity contribution in [3.05, 3.63) is 35.4 Å². The van der Waals surface area contributed by atoms with Gasteiger partial charge in [0.25, 0.3) is 0 Å². The zero-order valence-electron chi connectivity index (χ0n) is 11.3. The first-order valence-electron chi connectivity index (χ1n) is 6.47. The summed E-state index contributed by atoms with van der Waals surface area (Å²) < 4.78 is 37.5. The third-order valence-corrected chi connectivity index (χ3v) is 2.81. The van der Waals surface area contributed by atoms with Crippen molar-refractivity contribution in [2.75, 3.05) is 0 Å². The van der Waals surface area contributed by atoms with E-state index in [1.165, 1.54) is 6.07 Å². The molecule has 1 unspecified atom stereocenters. The van der Waals surface area contributed by atoms with Crippen LogP contribution >= 0.6 is 0 Å². The fourth-order valence-electron chi connectivity index (χ4n) is 1.73. The summed E-state index contributed by atoms with van der Waals surface area (Å²) in [7, 11) is 0. The number of nitrogens with one attached hydrogen (secondary N) is 1. The molecule has 1 aromatic carbocycles. The van der Waals surface area contributed by atoms with Crippen molar-refractivity contribution in [2.24, 2.45) is 5.73 Å². The average Bonchev–Trinajstić information content (AvgIpc) is 2.35. The topological polar surface area (TPSA) is 55.1 Å². The third kappa shape index (κ3) is 6.06. The van der Waals surface area contributed by atoms with Crippen molar-refractivity contribution in [1.29, 1.82) is 0 Å². The molecule has 0 aliphatic heterocycles. The maximum atomic E-state index is 12.5. The van der Waals surface area contributed by atoms with E-state index in [0.717, 1.165) is 18.6 Å². The number of rotatable bonds is 6. The minimum Gasteiger partial charge on any atom is -0.352 e. The lowest BCUT2D eigenvalue weighted by atomic mass is 10.1. The number of alkyl halides is 3. The summed E-state index contributed by atoms with van der Waals surface area (Å²) in [5.74, 6) is -0.178. The summed E-state index contributed by atoms with van der Waals surface area (Å²) in [6.45, 7) is 1.96. The monoisotopic (exact) mass is 288 g/mol. The summed E-state index contributed by atoms with van der Waals surface area (Å²) in [6, 6.07) is 4.99. The molecule has 1 amide bonds. The highest BCUT2D eigenvalue weighted by atomic mass is 19.4. The quantitative estimate of drug-likeness (QED) is 0.845. The van der Waals surface area contributed by atoms with Crippen LogP contribution in [0.3, 0.4) is 0 Å². The van der Waals surface area contributed by atoms with Crippen molar-refractivity contribution in [1.82, 2.24) is 5.32 Å². The largest absolute Gasteiger partial charge is 0.416 e. The molecule has 0 aromatic heterocycles. The molecule has 0 saturated carbocycles. The number of carbonyl (C=O) groups excluding carboxylic acids is 1. The Morgan fingerprint density at radius 3 is 2.70 bits per heavy atom. The molecule has 0 radical (unpaired) electrons. The van der Waals surface area contributed by atoms with Crippen LogP contribution in [0.2, 0.25) is 0 Å². The lowest BCUT2D eigenvalue weighted by molar-refractivity contribution is -0.137. The second kappa shape index (κ2) is 7.28. The highest BCUT2D eigenvalue weighted by Crippen LogP contribution is 2.29. The SMILES string of the molecule is CC(N)CCCC(=O)NCc1cccc(C(F)(F)F)c1. The van der Waals surface area contributed by atoms with Crippen LogP contribution in [-0.4, -0.2) is 11.9 Å². The maximum absolute atomic E-state index is 12.5. The smallest absolute Gasteiger partial charge is 0.352 e. The van der Waals surface area contributed by atoms with E-state index in [4.69, 9.17) is 5.73 Å². The second-order valence-corrected chi connectivity index (χ2v) is 4.84. The number of benzene rings is 1. The van der Waals surface area contributed by atoms with E-state index in [9.17, 15) is 18.0 Å². The number of carbonyl (C=O) groups is 1. The van der Waals surface area contributed by atoms with Crippen molar-refractivity contribution < 1.29 is 18.0 Å². The Kier molecular flexibility index (Phi) is 6.01. The predicted octanol–water partition coefficient (Wildman–Crippen LogP) is 2.84. The molecule has 1 atom stereocenters. The molecule has 0 aliphatic rings. The average molecular weight is 288 g/mol. The Labute approximate surface area is 116 Å². The Balaban J connectivity index is 2.44. The molecule has 112 valence electrons. The summed E-state index contributed by atoms with van der Waals surface area (Å²) in [6.07, 6.45) is -2.61. The fraction of sp³-hybridized carbons (Fsp3) is 0.500. The lowest BCUT2D eigenvalue weighted by Crippen LogP contribution is -2.23. The van der Waals surface area contributed by atoms with Gasteiger partial charge in [0.05, 0.1) is 5.56 Å². The fourth-order valence-corrected chi connectivity index (χ4v) is 1.73. The van der Waals surface area contributed by atoms with Gasteiger partial charge in [-0.1, -0.05) is 12.1 Å². The number of hydrogen-bond donors (Lipinski definition) is 2. The van der Waals surface area contributed by atoms with Gasteiger partial charge in [0.15, 0.2) is 0 Å². The molecule has 0 aliphatic carbocycles. The van der Waals surface area contributed by atoms with Crippen molar-refractivity contribution in [3.63, 3.8) is 0 Å². The van der Waals surface area contributed by atoms with Gasteiger partial charge in [-0.2, -0.15) is 13.2 Å². The minimum atomic E-state index is -4.36. The van der Waals surface area contributed by atoms with E-state index in [1.807, 2.05) is 6.92 Å². The Hall–Kier alpha value is -1.56. The van der Waals surface area contributed by atoms with E-state index in [0.29, 0.717) is 18.4 Å². The second-order valence-electron chi connectivity index (χ2n) is 4.84. The molecule has 0 heterocycles. The van der Waals surface area contributed by atoms with Gasteiger partial charge in [-0.25, -0.2) is 0 Å². The number of amides is 1. The summed E-state index contributed by atoms with van der Waals surface area (Å²) >= 11 is 0. The molecule has 0 spiro atoms. The molecular formula is C14H19F3N2O. The van der Waals surface area contributed by atoms with E-state index in [-0.39, 0.29) is 18.5 Å². The van der Waals surface area contributed by atoms with Crippen molar-refractivity contribution in [2.45, 2.75) is 44.9 Å². The normalized spacial score (nSPS) is 13.1. The molecular weight excluding hydrogens is 269 g/mol. The molecule has 1 aromatic rings. The molecule has 3 N–H and O–H groups in total. The van der Waals surface area contributed by atoms with Crippen LogP contribution in [0.4, 0.5) is 13.2 Å². The highest BCUT2D eigenvalue weighted by molar-refractivity contribution is 5.75. The first-order chi connectivity index (χ1) is 9.29. The van der Waals surface area contributed by atoms with E-state index in [2.05, 4.69) is 5.32 Å². The van der Waals surface area contributed by atoms with Gasteiger partial charge >= 0.3 is 6.18 Å².